The van der Waals surface area contributed by atoms with Crippen LogP contribution in [-0.2, 0) is 0 Å². The van der Waals surface area contributed by atoms with E-state index in [0.29, 0.717) is 0 Å². The van der Waals surface area contributed by atoms with Crippen LogP contribution in [0.5, 0.6) is 0 Å². The van der Waals surface area contributed by atoms with Crippen molar-refractivity contribution in [3.8, 4) is 0 Å². The molecule has 1 rings (SSSR count). The summed E-state index contributed by atoms with van der Waals surface area (Å²) in [4.78, 5) is 0. The number of rotatable bonds is 3. The molecule has 0 saturated heterocycles. The lowest BCUT2D eigenvalue weighted by Gasteiger charge is -2.20. The fraction of sp³-hybridized carbons (Fsp3) is 0.889. The third-order valence-electron chi connectivity index (χ3n) is 2.30. The highest BCUT2D eigenvalue weighted by Gasteiger charge is 2.12. The molecule has 0 aromatic heterocycles. The van der Waals surface area contributed by atoms with E-state index in [1.165, 1.54) is 44.9 Å². The van der Waals surface area contributed by atoms with Gasteiger partial charge in [-0.15, -0.1) is 0 Å². The van der Waals surface area contributed by atoms with Gasteiger partial charge in [0.05, 0.1) is 0 Å². The van der Waals surface area contributed by atoms with Crippen molar-refractivity contribution in [2.24, 2.45) is 5.73 Å². The van der Waals surface area contributed by atoms with Gasteiger partial charge < -0.3 is 5.73 Å². The second kappa shape index (κ2) is 4.73. The topological polar surface area (TPSA) is 26.0 Å². The Bertz CT molecular complexity index is 74.8. The summed E-state index contributed by atoms with van der Waals surface area (Å²) in [7, 11) is 0. The maximum Gasteiger partial charge on any atom is -0.00771 e. The molecule has 0 unspecified atom stereocenters. The quantitative estimate of drug-likeness (QED) is 0.639. The maximum absolute atomic E-state index is 5.43. The molecular weight excluding hydrogens is 122 g/mol. The molecular formula is C9H18N. The molecule has 0 spiro atoms. The van der Waals surface area contributed by atoms with Crippen LogP contribution in [0.4, 0.5) is 0 Å². The van der Waals surface area contributed by atoms with Gasteiger partial charge in [0, 0.05) is 0 Å². The molecule has 2 N–H and O–H groups in total. The average molecular weight is 140 g/mol. The Morgan fingerprint density at radius 2 is 1.80 bits per heavy atom. The summed E-state index contributed by atoms with van der Waals surface area (Å²) in [6, 6.07) is 0. The first-order valence-corrected chi connectivity index (χ1v) is 4.47. The molecule has 59 valence electrons. The molecule has 1 aliphatic carbocycles. The van der Waals surface area contributed by atoms with Gasteiger partial charge in [-0.05, 0) is 38.1 Å². The van der Waals surface area contributed by atoms with E-state index in [2.05, 4.69) is 0 Å². The molecule has 0 atom stereocenters. The van der Waals surface area contributed by atoms with Gasteiger partial charge in [-0.2, -0.15) is 0 Å². The van der Waals surface area contributed by atoms with E-state index >= 15 is 0 Å². The van der Waals surface area contributed by atoms with Crippen molar-refractivity contribution in [1.82, 2.24) is 0 Å². The lowest BCUT2D eigenvalue weighted by Crippen LogP contribution is -2.07. The van der Waals surface area contributed by atoms with E-state index in [1.807, 2.05) is 0 Å². The molecule has 0 aliphatic heterocycles. The van der Waals surface area contributed by atoms with E-state index < -0.39 is 0 Å². The summed E-state index contributed by atoms with van der Waals surface area (Å²) in [6.07, 6.45) is 9.60. The Labute approximate surface area is 64.0 Å². The molecule has 1 nitrogen and oxygen atoms in total. The summed E-state index contributed by atoms with van der Waals surface area (Å²) in [5.41, 5.74) is 5.43. The molecule has 1 fully saturated rings. The van der Waals surface area contributed by atoms with Gasteiger partial charge in [-0.3, -0.25) is 0 Å². The van der Waals surface area contributed by atoms with Gasteiger partial charge >= 0.3 is 0 Å². The van der Waals surface area contributed by atoms with Crippen LogP contribution in [0.2, 0.25) is 0 Å². The molecule has 0 aromatic rings. The van der Waals surface area contributed by atoms with Crippen LogP contribution >= 0.6 is 0 Å². The van der Waals surface area contributed by atoms with Crippen molar-refractivity contribution in [3.63, 3.8) is 0 Å². The SMILES string of the molecule is NCCC[C]1CCCCC1. The fourth-order valence-corrected chi connectivity index (χ4v) is 1.65. The second-order valence-corrected chi connectivity index (χ2v) is 3.20. The summed E-state index contributed by atoms with van der Waals surface area (Å²) in [5.74, 6) is 1.77. The minimum absolute atomic E-state index is 0.865. The van der Waals surface area contributed by atoms with E-state index in [-0.39, 0.29) is 0 Å². The van der Waals surface area contributed by atoms with Gasteiger partial charge in [-0.25, -0.2) is 0 Å². The van der Waals surface area contributed by atoms with Crippen LogP contribution in [0.25, 0.3) is 0 Å². The first kappa shape index (κ1) is 8.06. The van der Waals surface area contributed by atoms with Crippen molar-refractivity contribution in [3.05, 3.63) is 5.92 Å². The number of nitrogens with two attached hydrogens (primary N) is 1. The van der Waals surface area contributed by atoms with Crippen LogP contribution < -0.4 is 5.73 Å². The minimum atomic E-state index is 0.865. The van der Waals surface area contributed by atoms with Crippen molar-refractivity contribution >= 4 is 0 Å². The molecule has 0 bridgehead atoms. The van der Waals surface area contributed by atoms with Crippen LogP contribution in [0.1, 0.15) is 44.9 Å². The molecule has 10 heavy (non-hydrogen) atoms. The molecule has 1 saturated carbocycles. The third kappa shape index (κ3) is 2.70. The fourth-order valence-electron chi connectivity index (χ4n) is 1.65. The van der Waals surface area contributed by atoms with Crippen LogP contribution in [0.3, 0.4) is 0 Å². The Kier molecular flexibility index (Phi) is 3.81. The molecule has 0 amide bonds. The third-order valence-corrected chi connectivity index (χ3v) is 2.30. The Morgan fingerprint density at radius 3 is 2.40 bits per heavy atom. The highest BCUT2D eigenvalue weighted by molar-refractivity contribution is 4.91. The van der Waals surface area contributed by atoms with E-state index in [0.717, 1.165) is 6.54 Å². The molecule has 1 heteroatoms. The van der Waals surface area contributed by atoms with Crippen molar-refractivity contribution in [1.29, 1.82) is 0 Å². The zero-order valence-corrected chi connectivity index (χ0v) is 6.73. The normalized spacial score (nSPS) is 21.3. The summed E-state index contributed by atoms with van der Waals surface area (Å²) >= 11 is 0. The molecule has 1 aliphatic rings. The maximum atomic E-state index is 5.43. The van der Waals surface area contributed by atoms with Crippen molar-refractivity contribution in [2.45, 2.75) is 44.9 Å². The van der Waals surface area contributed by atoms with Gasteiger partial charge in [-0.1, -0.05) is 19.3 Å². The summed E-state index contributed by atoms with van der Waals surface area (Å²) in [6.45, 7) is 0.865. The van der Waals surface area contributed by atoms with E-state index in [9.17, 15) is 0 Å². The van der Waals surface area contributed by atoms with E-state index in [4.69, 9.17) is 5.73 Å². The van der Waals surface area contributed by atoms with Gasteiger partial charge in [0.2, 0.25) is 0 Å². The first-order chi connectivity index (χ1) is 4.93. The number of hydrogen-bond donors (Lipinski definition) is 1. The molecule has 0 heterocycles. The smallest absolute Gasteiger partial charge is 0.00771 e. The van der Waals surface area contributed by atoms with Crippen LogP contribution in [-0.4, -0.2) is 6.54 Å². The summed E-state index contributed by atoms with van der Waals surface area (Å²) in [5, 5.41) is 0. The molecule has 0 aromatic carbocycles. The number of hydrogen-bond acceptors (Lipinski definition) is 1. The zero-order valence-electron chi connectivity index (χ0n) is 6.73. The zero-order chi connectivity index (χ0) is 7.23. The highest BCUT2D eigenvalue weighted by Crippen LogP contribution is 2.28. The van der Waals surface area contributed by atoms with E-state index in [1.54, 1.807) is 5.92 Å². The van der Waals surface area contributed by atoms with Crippen LogP contribution in [0, 0.1) is 5.92 Å². The second-order valence-electron chi connectivity index (χ2n) is 3.20. The Hall–Kier alpha value is -0.0400. The van der Waals surface area contributed by atoms with Crippen LogP contribution in [0.15, 0.2) is 0 Å². The first-order valence-electron chi connectivity index (χ1n) is 4.47. The van der Waals surface area contributed by atoms with Crippen molar-refractivity contribution in [2.75, 3.05) is 6.54 Å². The van der Waals surface area contributed by atoms with Gasteiger partial charge in [0.15, 0.2) is 0 Å². The predicted molar refractivity (Wildman–Crippen MR) is 44.6 cm³/mol. The average Bonchev–Trinajstić information content (AvgIpc) is 2.03. The summed E-state index contributed by atoms with van der Waals surface area (Å²) < 4.78 is 0. The molecule has 1 radical (unpaired) electrons. The lowest BCUT2D eigenvalue weighted by atomic mass is 9.86. The Balaban J connectivity index is 2.02. The standard InChI is InChI=1S/C9H18N/c10-8-4-7-9-5-2-1-3-6-9/h1-8,10H2. The monoisotopic (exact) mass is 140 g/mol. The predicted octanol–water partition coefficient (Wildman–Crippen LogP) is 2.26. The van der Waals surface area contributed by atoms with Crippen molar-refractivity contribution < 1.29 is 0 Å². The lowest BCUT2D eigenvalue weighted by molar-refractivity contribution is 0.499. The minimum Gasteiger partial charge on any atom is -0.330 e. The Morgan fingerprint density at radius 1 is 1.10 bits per heavy atom. The highest BCUT2D eigenvalue weighted by atomic mass is 14.5. The van der Waals surface area contributed by atoms with Gasteiger partial charge in [0.25, 0.3) is 0 Å². The van der Waals surface area contributed by atoms with Gasteiger partial charge in [0.1, 0.15) is 0 Å². The largest absolute Gasteiger partial charge is 0.330 e.